The highest BCUT2D eigenvalue weighted by Gasteiger charge is 2.00. The van der Waals surface area contributed by atoms with Crippen molar-refractivity contribution in [2.24, 2.45) is 0 Å². The van der Waals surface area contributed by atoms with Gasteiger partial charge in [0.15, 0.2) is 5.82 Å². The summed E-state index contributed by atoms with van der Waals surface area (Å²) in [4.78, 5) is 9.36. The van der Waals surface area contributed by atoms with Crippen LogP contribution in [0, 0.1) is 6.92 Å². The number of aryl methyl sites for hydroxylation is 1. The zero-order chi connectivity index (χ0) is 9.80. The molecule has 0 aromatic carbocycles. The third-order valence-corrected chi connectivity index (χ3v) is 2.67. The van der Waals surface area contributed by atoms with E-state index >= 15 is 0 Å². The van der Waals surface area contributed by atoms with Gasteiger partial charge < -0.3 is 0 Å². The topological polar surface area (TPSA) is 54.5 Å². The summed E-state index contributed by atoms with van der Waals surface area (Å²) in [5, 5.41) is 6.88. The minimum absolute atomic E-state index is 0.786. The van der Waals surface area contributed by atoms with Crippen molar-refractivity contribution in [3.8, 4) is 0 Å². The van der Waals surface area contributed by atoms with E-state index < -0.39 is 0 Å². The molecule has 0 amide bonds. The van der Waals surface area contributed by atoms with Crippen LogP contribution in [0.1, 0.15) is 11.6 Å². The number of thioether (sulfide) groups is 1. The molecule has 0 unspecified atom stereocenters. The van der Waals surface area contributed by atoms with E-state index in [-0.39, 0.29) is 0 Å². The van der Waals surface area contributed by atoms with Gasteiger partial charge in [0.05, 0.1) is 5.75 Å². The standard InChI is InChI=1S/C9H10N4S/c1-7-11-9(13-12-7)6-14-8-2-4-10-5-3-8/h2-5H,6H2,1H3,(H,11,12,13). The first-order valence-corrected chi connectivity index (χ1v) is 5.24. The highest BCUT2D eigenvalue weighted by atomic mass is 32.2. The summed E-state index contributed by atoms with van der Waals surface area (Å²) in [6.07, 6.45) is 3.57. The summed E-state index contributed by atoms with van der Waals surface area (Å²) < 4.78 is 0. The van der Waals surface area contributed by atoms with Gasteiger partial charge >= 0.3 is 0 Å². The zero-order valence-corrected chi connectivity index (χ0v) is 8.58. The molecule has 14 heavy (non-hydrogen) atoms. The molecule has 72 valence electrons. The Morgan fingerprint density at radius 1 is 1.36 bits per heavy atom. The molecule has 2 aromatic heterocycles. The Bertz CT molecular complexity index is 398. The van der Waals surface area contributed by atoms with Crippen molar-refractivity contribution < 1.29 is 0 Å². The van der Waals surface area contributed by atoms with Gasteiger partial charge in [-0.25, -0.2) is 4.98 Å². The van der Waals surface area contributed by atoms with Crippen LogP contribution in [0.3, 0.4) is 0 Å². The Hall–Kier alpha value is -1.36. The van der Waals surface area contributed by atoms with Gasteiger partial charge in [-0.05, 0) is 19.1 Å². The summed E-state index contributed by atoms with van der Waals surface area (Å²) in [6, 6.07) is 3.95. The fraction of sp³-hybridized carbons (Fsp3) is 0.222. The Morgan fingerprint density at radius 3 is 2.79 bits per heavy atom. The molecule has 2 aromatic rings. The average molecular weight is 206 g/mol. The molecule has 2 heterocycles. The van der Waals surface area contributed by atoms with E-state index in [1.165, 1.54) is 4.90 Å². The molecule has 0 saturated carbocycles. The number of hydrogen-bond acceptors (Lipinski definition) is 4. The lowest BCUT2D eigenvalue weighted by molar-refractivity contribution is 1.01. The molecule has 0 spiro atoms. The molecule has 4 nitrogen and oxygen atoms in total. The number of H-pyrrole nitrogens is 1. The summed E-state index contributed by atoms with van der Waals surface area (Å²) in [6.45, 7) is 1.90. The largest absolute Gasteiger partial charge is 0.265 e. The van der Waals surface area contributed by atoms with Gasteiger partial charge in [-0.2, -0.15) is 5.10 Å². The second-order valence-corrected chi connectivity index (χ2v) is 3.86. The number of nitrogens with one attached hydrogen (secondary N) is 1. The minimum Gasteiger partial charge on any atom is -0.265 e. The number of hydrogen-bond donors (Lipinski definition) is 1. The van der Waals surface area contributed by atoms with E-state index in [9.17, 15) is 0 Å². The first-order chi connectivity index (χ1) is 6.84. The normalized spacial score (nSPS) is 10.4. The number of aromatic amines is 1. The molecule has 5 heteroatoms. The SMILES string of the molecule is Cc1nc(CSc2ccncc2)n[nH]1. The van der Waals surface area contributed by atoms with Crippen molar-refractivity contribution in [1.82, 2.24) is 20.2 Å². The van der Waals surface area contributed by atoms with Crippen molar-refractivity contribution in [3.05, 3.63) is 36.2 Å². The van der Waals surface area contributed by atoms with Gasteiger partial charge in [0, 0.05) is 17.3 Å². The van der Waals surface area contributed by atoms with E-state index in [0.29, 0.717) is 0 Å². The summed E-state index contributed by atoms with van der Waals surface area (Å²) in [7, 11) is 0. The van der Waals surface area contributed by atoms with Crippen LogP contribution in [-0.2, 0) is 5.75 Å². The molecule has 0 bridgehead atoms. The van der Waals surface area contributed by atoms with Crippen LogP contribution >= 0.6 is 11.8 Å². The van der Waals surface area contributed by atoms with Crippen molar-refractivity contribution >= 4 is 11.8 Å². The average Bonchev–Trinajstić information content (AvgIpc) is 2.63. The lowest BCUT2D eigenvalue weighted by Crippen LogP contribution is -1.83. The maximum absolute atomic E-state index is 4.22. The molecule has 0 fully saturated rings. The first kappa shape index (κ1) is 9.21. The highest BCUT2D eigenvalue weighted by Crippen LogP contribution is 2.19. The Labute approximate surface area is 86.2 Å². The number of nitrogens with zero attached hydrogens (tertiary/aromatic N) is 3. The third-order valence-electron chi connectivity index (χ3n) is 1.66. The van der Waals surface area contributed by atoms with Crippen LogP contribution in [0.15, 0.2) is 29.4 Å². The predicted molar refractivity (Wildman–Crippen MR) is 54.9 cm³/mol. The van der Waals surface area contributed by atoms with Crippen molar-refractivity contribution in [2.45, 2.75) is 17.6 Å². The van der Waals surface area contributed by atoms with Crippen molar-refractivity contribution in [2.75, 3.05) is 0 Å². The van der Waals surface area contributed by atoms with E-state index in [1.807, 2.05) is 19.1 Å². The molecule has 0 atom stereocenters. The lowest BCUT2D eigenvalue weighted by Gasteiger charge is -1.96. The smallest absolute Gasteiger partial charge is 0.160 e. The molecule has 0 aliphatic rings. The summed E-state index contributed by atoms with van der Waals surface area (Å²) in [5.74, 6) is 2.48. The van der Waals surface area contributed by atoms with Crippen LogP contribution < -0.4 is 0 Å². The van der Waals surface area contributed by atoms with Crippen molar-refractivity contribution in [1.29, 1.82) is 0 Å². The van der Waals surface area contributed by atoms with Gasteiger partial charge in [-0.1, -0.05) is 0 Å². The van der Waals surface area contributed by atoms with Crippen LogP contribution in [-0.4, -0.2) is 20.2 Å². The highest BCUT2D eigenvalue weighted by molar-refractivity contribution is 7.98. The van der Waals surface area contributed by atoms with Gasteiger partial charge in [0.1, 0.15) is 5.82 Å². The number of aromatic nitrogens is 4. The van der Waals surface area contributed by atoms with Gasteiger partial charge in [-0.3, -0.25) is 10.1 Å². The third kappa shape index (κ3) is 2.32. The molecular weight excluding hydrogens is 196 g/mol. The number of rotatable bonds is 3. The Morgan fingerprint density at radius 2 is 2.14 bits per heavy atom. The van der Waals surface area contributed by atoms with E-state index in [0.717, 1.165) is 17.4 Å². The van der Waals surface area contributed by atoms with Crippen LogP contribution in [0.2, 0.25) is 0 Å². The summed E-state index contributed by atoms with van der Waals surface area (Å²) >= 11 is 1.70. The molecule has 0 aliphatic heterocycles. The zero-order valence-electron chi connectivity index (χ0n) is 7.77. The Kier molecular flexibility index (Phi) is 2.78. The van der Waals surface area contributed by atoms with E-state index in [4.69, 9.17) is 0 Å². The number of pyridine rings is 1. The predicted octanol–water partition coefficient (Wildman–Crippen LogP) is 1.80. The Balaban J connectivity index is 1.95. The molecule has 0 saturated heterocycles. The van der Waals surface area contributed by atoms with Gasteiger partial charge in [0.25, 0.3) is 0 Å². The molecular formula is C9H10N4S. The molecule has 0 aliphatic carbocycles. The maximum Gasteiger partial charge on any atom is 0.160 e. The van der Waals surface area contributed by atoms with Crippen LogP contribution in [0.4, 0.5) is 0 Å². The minimum atomic E-state index is 0.786. The lowest BCUT2D eigenvalue weighted by atomic mass is 10.5. The second-order valence-electron chi connectivity index (χ2n) is 2.81. The second kappa shape index (κ2) is 4.23. The molecule has 1 N–H and O–H groups in total. The fourth-order valence-electron chi connectivity index (χ4n) is 1.04. The van der Waals surface area contributed by atoms with E-state index in [2.05, 4.69) is 20.2 Å². The van der Waals surface area contributed by atoms with Crippen LogP contribution in [0.25, 0.3) is 0 Å². The maximum atomic E-state index is 4.22. The van der Waals surface area contributed by atoms with Crippen LogP contribution in [0.5, 0.6) is 0 Å². The quantitative estimate of drug-likeness (QED) is 0.778. The van der Waals surface area contributed by atoms with E-state index in [1.54, 1.807) is 24.2 Å². The van der Waals surface area contributed by atoms with Crippen molar-refractivity contribution in [3.63, 3.8) is 0 Å². The molecule has 2 rings (SSSR count). The monoisotopic (exact) mass is 206 g/mol. The summed E-state index contributed by atoms with van der Waals surface area (Å²) in [5.41, 5.74) is 0. The van der Waals surface area contributed by atoms with Gasteiger partial charge in [0.2, 0.25) is 0 Å². The fourth-order valence-corrected chi connectivity index (χ4v) is 1.77. The molecule has 0 radical (unpaired) electrons. The first-order valence-electron chi connectivity index (χ1n) is 4.25. The van der Waals surface area contributed by atoms with Gasteiger partial charge in [-0.15, -0.1) is 11.8 Å².